The summed E-state index contributed by atoms with van der Waals surface area (Å²) in [6, 6.07) is 15.7. The molecule has 1 aliphatic carbocycles. The first-order chi connectivity index (χ1) is 15.9. The molecule has 1 unspecified atom stereocenters. The van der Waals surface area contributed by atoms with E-state index < -0.39 is 24.2 Å². The molecule has 0 aliphatic heterocycles. The third kappa shape index (κ3) is 6.55. The van der Waals surface area contributed by atoms with Gasteiger partial charge < -0.3 is 25.2 Å². The molecule has 2 aromatic carbocycles. The Morgan fingerprint density at radius 2 is 1.61 bits per heavy atom. The highest BCUT2D eigenvalue weighted by Crippen LogP contribution is 2.44. The molecule has 8 nitrogen and oxygen atoms in total. The van der Waals surface area contributed by atoms with Crippen molar-refractivity contribution in [2.45, 2.75) is 44.8 Å². The Morgan fingerprint density at radius 3 is 2.18 bits per heavy atom. The molecule has 2 aromatic rings. The van der Waals surface area contributed by atoms with Gasteiger partial charge >= 0.3 is 12.1 Å². The van der Waals surface area contributed by atoms with Gasteiger partial charge in [-0.25, -0.2) is 4.79 Å². The average Bonchev–Trinajstić information content (AvgIpc) is 3.09. The van der Waals surface area contributed by atoms with Crippen LogP contribution in [0.1, 0.15) is 43.7 Å². The van der Waals surface area contributed by atoms with Crippen molar-refractivity contribution in [1.29, 1.82) is 0 Å². The molecule has 0 bridgehead atoms. The topological polar surface area (TPSA) is 114 Å². The summed E-state index contributed by atoms with van der Waals surface area (Å²) in [5.74, 6) is -1.34. The maximum atomic E-state index is 12.3. The van der Waals surface area contributed by atoms with E-state index in [0.717, 1.165) is 22.3 Å². The summed E-state index contributed by atoms with van der Waals surface area (Å²) in [6.07, 6.45) is -1.34. The summed E-state index contributed by atoms with van der Waals surface area (Å²) < 4.78 is 10.8. The number of carbonyl (C=O) groups excluding carboxylic acids is 2. The second-order valence-electron chi connectivity index (χ2n) is 8.05. The number of amides is 2. The first-order valence-electron chi connectivity index (χ1n) is 11.1. The number of benzene rings is 2. The van der Waals surface area contributed by atoms with Crippen molar-refractivity contribution in [1.82, 2.24) is 10.6 Å². The molecule has 0 radical (unpaired) electrons. The first-order valence-corrected chi connectivity index (χ1v) is 11.1. The van der Waals surface area contributed by atoms with Gasteiger partial charge in [-0.05, 0) is 36.1 Å². The molecule has 0 spiro atoms. The molecule has 3 N–H and O–H groups in total. The number of hydrogen-bond donors (Lipinski definition) is 3. The van der Waals surface area contributed by atoms with Gasteiger partial charge in [-0.1, -0.05) is 48.5 Å². The minimum absolute atomic E-state index is 0.0357. The second-order valence-corrected chi connectivity index (χ2v) is 8.05. The van der Waals surface area contributed by atoms with Crippen LogP contribution in [0.4, 0.5) is 4.79 Å². The minimum atomic E-state index is -0.993. The Morgan fingerprint density at radius 1 is 1.00 bits per heavy atom. The van der Waals surface area contributed by atoms with E-state index in [2.05, 4.69) is 22.8 Å². The van der Waals surface area contributed by atoms with Gasteiger partial charge in [0.05, 0.1) is 12.5 Å². The fourth-order valence-electron chi connectivity index (χ4n) is 4.09. The van der Waals surface area contributed by atoms with Gasteiger partial charge in [0.1, 0.15) is 6.61 Å². The molecule has 2 atom stereocenters. The fraction of sp³-hybridized carbons (Fsp3) is 0.400. The van der Waals surface area contributed by atoms with Crippen LogP contribution in [-0.2, 0) is 19.1 Å². The number of rotatable bonds is 11. The van der Waals surface area contributed by atoms with Gasteiger partial charge in [0, 0.05) is 31.5 Å². The summed E-state index contributed by atoms with van der Waals surface area (Å²) in [5, 5.41) is 14.2. The SMILES string of the molecule is CCOC(CNC(=O)C[C@H](C)NC(=O)OCC1c2ccccc2-c2ccccc21)CC(=O)O. The van der Waals surface area contributed by atoms with E-state index in [4.69, 9.17) is 14.6 Å². The molecule has 1 aliphatic rings. The maximum Gasteiger partial charge on any atom is 0.407 e. The van der Waals surface area contributed by atoms with Crippen LogP contribution in [0.25, 0.3) is 11.1 Å². The predicted molar refractivity (Wildman–Crippen MR) is 123 cm³/mol. The normalized spacial score (nSPS) is 14.0. The predicted octanol–water partition coefficient (Wildman–Crippen LogP) is 3.30. The van der Waals surface area contributed by atoms with Gasteiger partial charge in [0.2, 0.25) is 5.91 Å². The monoisotopic (exact) mass is 454 g/mol. The summed E-state index contributed by atoms with van der Waals surface area (Å²) >= 11 is 0. The van der Waals surface area contributed by atoms with Crippen molar-refractivity contribution in [2.24, 2.45) is 0 Å². The molecule has 0 aromatic heterocycles. The highest BCUT2D eigenvalue weighted by atomic mass is 16.5. The first kappa shape index (κ1) is 24.3. The van der Waals surface area contributed by atoms with Crippen LogP contribution in [0.15, 0.2) is 48.5 Å². The van der Waals surface area contributed by atoms with Crippen molar-refractivity contribution in [3.05, 3.63) is 59.7 Å². The average molecular weight is 455 g/mol. The van der Waals surface area contributed by atoms with E-state index in [1.165, 1.54) is 0 Å². The Labute approximate surface area is 193 Å². The molecule has 0 fully saturated rings. The van der Waals surface area contributed by atoms with Crippen molar-refractivity contribution in [3.63, 3.8) is 0 Å². The van der Waals surface area contributed by atoms with E-state index in [9.17, 15) is 14.4 Å². The van der Waals surface area contributed by atoms with Gasteiger partial charge in [-0.15, -0.1) is 0 Å². The molecular weight excluding hydrogens is 424 g/mol. The van der Waals surface area contributed by atoms with Crippen molar-refractivity contribution in [3.8, 4) is 11.1 Å². The van der Waals surface area contributed by atoms with Crippen LogP contribution in [-0.4, -0.2) is 55.0 Å². The lowest BCUT2D eigenvalue weighted by Gasteiger charge is -2.18. The highest BCUT2D eigenvalue weighted by molar-refractivity contribution is 5.79. The molecular formula is C25H30N2O6. The highest BCUT2D eigenvalue weighted by Gasteiger charge is 2.29. The standard InChI is InChI=1S/C25H30N2O6/c1-3-32-17(13-24(29)30)14-26-23(28)12-16(2)27-25(31)33-15-22-20-10-6-4-8-18(20)19-9-5-7-11-21(19)22/h4-11,16-17,22H,3,12-15H2,1-2H3,(H,26,28)(H,27,31)(H,29,30)/t16-,17?/m0/s1. The third-order valence-electron chi connectivity index (χ3n) is 5.53. The minimum Gasteiger partial charge on any atom is -0.481 e. The molecule has 2 amide bonds. The number of alkyl carbamates (subject to hydrolysis) is 1. The Kier molecular flexibility index (Phi) is 8.43. The zero-order chi connectivity index (χ0) is 23.8. The van der Waals surface area contributed by atoms with E-state index in [-0.39, 0.29) is 37.8 Å². The molecule has 0 saturated heterocycles. The number of fused-ring (bicyclic) bond motifs is 3. The Hall–Kier alpha value is -3.39. The van der Waals surface area contributed by atoms with Crippen LogP contribution < -0.4 is 10.6 Å². The lowest BCUT2D eigenvalue weighted by atomic mass is 9.98. The Bertz CT molecular complexity index is 947. The van der Waals surface area contributed by atoms with Gasteiger partial charge in [-0.3, -0.25) is 9.59 Å². The number of aliphatic carboxylic acids is 1. The molecule has 33 heavy (non-hydrogen) atoms. The summed E-state index contributed by atoms with van der Waals surface area (Å²) in [5.41, 5.74) is 4.56. The van der Waals surface area contributed by atoms with Crippen molar-refractivity contribution < 1.29 is 29.0 Å². The van der Waals surface area contributed by atoms with E-state index in [1.807, 2.05) is 36.4 Å². The Balaban J connectivity index is 1.46. The number of carboxylic acids is 1. The lowest BCUT2D eigenvalue weighted by molar-refractivity contribution is -0.140. The van der Waals surface area contributed by atoms with Crippen molar-refractivity contribution >= 4 is 18.0 Å². The second kappa shape index (κ2) is 11.5. The molecule has 3 rings (SSSR count). The van der Waals surface area contributed by atoms with Crippen LogP contribution in [0.3, 0.4) is 0 Å². The summed E-state index contributed by atoms with van der Waals surface area (Å²) in [7, 11) is 0. The maximum absolute atomic E-state index is 12.3. The number of carboxylic acid groups (broad SMARTS) is 1. The van der Waals surface area contributed by atoms with Gasteiger partial charge in [0.25, 0.3) is 0 Å². The smallest absolute Gasteiger partial charge is 0.407 e. The van der Waals surface area contributed by atoms with Crippen LogP contribution in [0.5, 0.6) is 0 Å². The van der Waals surface area contributed by atoms with E-state index >= 15 is 0 Å². The lowest BCUT2D eigenvalue weighted by Crippen LogP contribution is -2.40. The van der Waals surface area contributed by atoms with E-state index in [1.54, 1.807) is 13.8 Å². The zero-order valence-corrected chi connectivity index (χ0v) is 18.9. The number of hydrogen-bond acceptors (Lipinski definition) is 5. The fourth-order valence-corrected chi connectivity index (χ4v) is 4.09. The van der Waals surface area contributed by atoms with Crippen LogP contribution >= 0.6 is 0 Å². The largest absolute Gasteiger partial charge is 0.481 e. The number of carbonyl (C=O) groups is 3. The van der Waals surface area contributed by atoms with Gasteiger partial charge in [-0.2, -0.15) is 0 Å². The van der Waals surface area contributed by atoms with E-state index in [0.29, 0.717) is 6.61 Å². The summed E-state index contributed by atoms with van der Waals surface area (Å²) in [6.45, 7) is 4.11. The third-order valence-corrected chi connectivity index (χ3v) is 5.53. The zero-order valence-electron chi connectivity index (χ0n) is 18.9. The summed E-state index contributed by atoms with van der Waals surface area (Å²) in [4.78, 5) is 35.4. The molecule has 0 saturated carbocycles. The number of nitrogens with one attached hydrogen (secondary N) is 2. The molecule has 176 valence electrons. The number of ether oxygens (including phenoxy) is 2. The van der Waals surface area contributed by atoms with Gasteiger partial charge in [0.15, 0.2) is 0 Å². The molecule has 0 heterocycles. The van der Waals surface area contributed by atoms with Crippen molar-refractivity contribution in [2.75, 3.05) is 19.8 Å². The quantitative estimate of drug-likeness (QED) is 0.480. The molecule has 8 heteroatoms. The van der Waals surface area contributed by atoms with Crippen LogP contribution in [0, 0.1) is 0 Å². The van der Waals surface area contributed by atoms with Crippen LogP contribution in [0.2, 0.25) is 0 Å².